The number of halogens is 2. The summed E-state index contributed by atoms with van der Waals surface area (Å²) in [7, 11) is 0. The monoisotopic (exact) mass is 446 g/mol. The number of rotatable bonds is 4. The minimum atomic E-state index is -0.154. The second-order valence-corrected chi connectivity index (χ2v) is 7.53. The molecule has 156 valence electrons. The number of hydrogen-bond donors (Lipinski definition) is 4. The number of nitrogens with one attached hydrogen (secondary N) is 2. The van der Waals surface area contributed by atoms with Gasteiger partial charge in [-0.1, -0.05) is 23.2 Å². The fourth-order valence-corrected chi connectivity index (χ4v) is 3.42. The lowest BCUT2D eigenvalue weighted by Gasteiger charge is -2.01. The molecule has 2 aromatic heterocycles. The fourth-order valence-electron chi connectivity index (χ4n) is 3.06. The van der Waals surface area contributed by atoms with E-state index >= 15 is 0 Å². The summed E-state index contributed by atoms with van der Waals surface area (Å²) >= 11 is 11.7. The van der Waals surface area contributed by atoms with Crippen LogP contribution in [0.25, 0.3) is 21.8 Å². The van der Waals surface area contributed by atoms with Crippen molar-refractivity contribution in [1.29, 1.82) is 0 Å². The third-order valence-electron chi connectivity index (χ3n) is 4.53. The standard InChI is InChI=1S/2C11H10ClNO2/c2*12-9-1-2-10-8(6-9)5-7(3-4-14)11(15)13-10/h2*1-2,5-6,14H,3-4H2,(H,13,15). The number of aromatic nitrogens is 2. The maximum Gasteiger partial charge on any atom is 0.251 e. The second kappa shape index (κ2) is 9.91. The molecular weight excluding hydrogens is 427 g/mol. The van der Waals surface area contributed by atoms with Crippen molar-refractivity contribution in [2.24, 2.45) is 0 Å². The number of pyridine rings is 2. The van der Waals surface area contributed by atoms with Crippen LogP contribution in [0.2, 0.25) is 10.0 Å². The molecule has 0 radical (unpaired) electrons. The average molecular weight is 447 g/mol. The topological polar surface area (TPSA) is 106 Å². The maximum absolute atomic E-state index is 11.5. The molecule has 0 fully saturated rings. The van der Waals surface area contributed by atoms with Gasteiger partial charge in [0.1, 0.15) is 0 Å². The lowest BCUT2D eigenvalue weighted by molar-refractivity contribution is 0.299. The van der Waals surface area contributed by atoms with Gasteiger partial charge in [0.25, 0.3) is 11.1 Å². The molecule has 0 atom stereocenters. The zero-order valence-electron chi connectivity index (χ0n) is 15.9. The predicted molar refractivity (Wildman–Crippen MR) is 121 cm³/mol. The van der Waals surface area contributed by atoms with Crippen molar-refractivity contribution in [1.82, 2.24) is 9.97 Å². The van der Waals surface area contributed by atoms with Crippen LogP contribution in [0.4, 0.5) is 0 Å². The van der Waals surface area contributed by atoms with Crippen LogP contribution in [0.15, 0.2) is 58.1 Å². The van der Waals surface area contributed by atoms with Crippen LogP contribution in [0.3, 0.4) is 0 Å². The third-order valence-corrected chi connectivity index (χ3v) is 5.00. The van der Waals surface area contributed by atoms with Gasteiger partial charge in [-0.05, 0) is 59.3 Å². The van der Waals surface area contributed by atoms with Crippen molar-refractivity contribution in [3.05, 3.63) is 90.4 Å². The number of aliphatic hydroxyl groups is 2. The van der Waals surface area contributed by atoms with E-state index < -0.39 is 0 Å². The summed E-state index contributed by atoms with van der Waals surface area (Å²) in [5, 5.41) is 20.6. The SMILES string of the molecule is O=c1[nH]c2ccc(Cl)cc2cc1CCO.O=c1[nH]c2ccc(Cl)cc2cc1CCO. The van der Waals surface area contributed by atoms with Gasteiger partial charge in [0, 0.05) is 58.3 Å². The second-order valence-electron chi connectivity index (χ2n) is 6.66. The molecule has 0 saturated heterocycles. The number of aromatic amines is 2. The number of hydrogen-bond acceptors (Lipinski definition) is 4. The summed E-state index contributed by atoms with van der Waals surface area (Å²) in [4.78, 5) is 28.5. The molecule has 4 aromatic rings. The molecule has 2 heterocycles. The van der Waals surface area contributed by atoms with Gasteiger partial charge in [-0.2, -0.15) is 0 Å². The highest BCUT2D eigenvalue weighted by Gasteiger charge is 2.03. The Morgan fingerprint density at radius 2 is 1.07 bits per heavy atom. The third kappa shape index (κ3) is 5.29. The summed E-state index contributed by atoms with van der Waals surface area (Å²) in [6.07, 6.45) is 0.718. The van der Waals surface area contributed by atoms with E-state index in [1.807, 2.05) is 0 Å². The molecule has 30 heavy (non-hydrogen) atoms. The number of aliphatic hydroxyl groups excluding tert-OH is 2. The molecule has 0 bridgehead atoms. The quantitative estimate of drug-likeness (QED) is 0.385. The average Bonchev–Trinajstić information content (AvgIpc) is 2.71. The lowest BCUT2D eigenvalue weighted by Crippen LogP contribution is -2.13. The number of H-pyrrole nitrogens is 2. The molecule has 0 aliphatic rings. The normalized spacial score (nSPS) is 10.8. The van der Waals surface area contributed by atoms with E-state index in [1.165, 1.54) is 0 Å². The van der Waals surface area contributed by atoms with Crippen LogP contribution < -0.4 is 11.1 Å². The molecule has 0 unspecified atom stereocenters. The molecule has 4 N–H and O–H groups in total. The molecule has 4 rings (SSSR count). The smallest absolute Gasteiger partial charge is 0.251 e. The molecule has 2 aromatic carbocycles. The van der Waals surface area contributed by atoms with Gasteiger partial charge in [0.05, 0.1) is 0 Å². The summed E-state index contributed by atoms with van der Waals surface area (Å²) < 4.78 is 0. The van der Waals surface area contributed by atoms with Gasteiger partial charge in [-0.25, -0.2) is 0 Å². The van der Waals surface area contributed by atoms with Crippen LogP contribution >= 0.6 is 23.2 Å². The Balaban J connectivity index is 0.000000171. The molecule has 0 aliphatic carbocycles. The van der Waals surface area contributed by atoms with Gasteiger partial charge in [0.2, 0.25) is 0 Å². The van der Waals surface area contributed by atoms with Crippen molar-refractivity contribution in [2.75, 3.05) is 13.2 Å². The Morgan fingerprint density at radius 3 is 1.43 bits per heavy atom. The summed E-state index contributed by atoms with van der Waals surface area (Å²) in [6, 6.07) is 14.1. The number of fused-ring (bicyclic) bond motifs is 2. The molecular formula is C22H20Cl2N2O4. The minimum Gasteiger partial charge on any atom is -0.396 e. The highest BCUT2D eigenvalue weighted by molar-refractivity contribution is 6.31. The van der Waals surface area contributed by atoms with E-state index in [-0.39, 0.29) is 24.3 Å². The zero-order chi connectivity index (χ0) is 21.7. The van der Waals surface area contributed by atoms with E-state index in [0.29, 0.717) is 34.0 Å². The molecule has 8 heteroatoms. The largest absolute Gasteiger partial charge is 0.396 e. The molecule has 0 spiro atoms. The first-order valence-corrected chi connectivity index (χ1v) is 10.0. The number of benzene rings is 2. The van der Waals surface area contributed by atoms with Gasteiger partial charge in [0.15, 0.2) is 0 Å². The molecule has 0 amide bonds. The molecule has 0 saturated carbocycles. The first kappa shape index (κ1) is 22.1. The van der Waals surface area contributed by atoms with Crippen molar-refractivity contribution in [3.63, 3.8) is 0 Å². The van der Waals surface area contributed by atoms with Gasteiger partial charge >= 0.3 is 0 Å². The van der Waals surface area contributed by atoms with Crippen LogP contribution in [-0.2, 0) is 12.8 Å². The first-order chi connectivity index (χ1) is 14.4. The van der Waals surface area contributed by atoms with Crippen LogP contribution in [-0.4, -0.2) is 33.4 Å². The van der Waals surface area contributed by atoms with E-state index in [0.717, 1.165) is 21.8 Å². The lowest BCUT2D eigenvalue weighted by atomic mass is 10.1. The van der Waals surface area contributed by atoms with Crippen molar-refractivity contribution in [3.8, 4) is 0 Å². The Kier molecular flexibility index (Phi) is 7.29. The van der Waals surface area contributed by atoms with Crippen LogP contribution in [0.5, 0.6) is 0 Å². The van der Waals surface area contributed by atoms with Crippen molar-refractivity contribution >= 4 is 45.0 Å². The van der Waals surface area contributed by atoms with Gasteiger partial charge < -0.3 is 20.2 Å². The Morgan fingerprint density at radius 1 is 0.667 bits per heavy atom. The predicted octanol–water partition coefficient (Wildman–Crippen LogP) is 3.43. The zero-order valence-corrected chi connectivity index (χ0v) is 17.4. The molecule has 0 aliphatic heterocycles. The van der Waals surface area contributed by atoms with Gasteiger partial charge in [-0.3, -0.25) is 9.59 Å². The molecule has 6 nitrogen and oxygen atoms in total. The Hall–Kier alpha value is -2.64. The Labute approximate surface area is 181 Å². The van der Waals surface area contributed by atoms with Crippen LogP contribution in [0.1, 0.15) is 11.1 Å². The summed E-state index contributed by atoms with van der Waals surface area (Å²) in [5.41, 5.74) is 2.36. The van der Waals surface area contributed by atoms with E-state index in [9.17, 15) is 9.59 Å². The van der Waals surface area contributed by atoms with Gasteiger partial charge in [-0.15, -0.1) is 0 Å². The minimum absolute atomic E-state index is 0.0326. The van der Waals surface area contributed by atoms with Crippen LogP contribution in [0, 0.1) is 0 Å². The van der Waals surface area contributed by atoms with E-state index in [2.05, 4.69) is 9.97 Å². The fraction of sp³-hybridized carbons (Fsp3) is 0.182. The first-order valence-electron chi connectivity index (χ1n) is 9.26. The Bertz CT molecular complexity index is 1200. The van der Waals surface area contributed by atoms with Crippen molar-refractivity contribution in [2.45, 2.75) is 12.8 Å². The van der Waals surface area contributed by atoms with E-state index in [1.54, 1.807) is 48.5 Å². The highest BCUT2D eigenvalue weighted by atomic mass is 35.5. The highest BCUT2D eigenvalue weighted by Crippen LogP contribution is 2.18. The summed E-state index contributed by atoms with van der Waals surface area (Å²) in [5.74, 6) is 0. The summed E-state index contributed by atoms with van der Waals surface area (Å²) in [6.45, 7) is -0.0652. The maximum atomic E-state index is 11.5. The van der Waals surface area contributed by atoms with Crippen molar-refractivity contribution < 1.29 is 10.2 Å². The van der Waals surface area contributed by atoms with E-state index in [4.69, 9.17) is 33.4 Å².